The first-order chi connectivity index (χ1) is 12.5. The van der Waals surface area contributed by atoms with Gasteiger partial charge < -0.3 is 11.1 Å². The molecular formula is C18H20ClN3O2S2. The van der Waals surface area contributed by atoms with E-state index in [0.717, 1.165) is 38.9 Å². The van der Waals surface area contributed by atoms with Gasteiger partial charge in [-0.1, -0.05) is 17.7 Å². The van der Waals surface area contributed by atoms with Crippen molar-refractivity contribution in [1.29, 1.82) is 0 Å². The number of nitrogens with one attached hydrogen (secondary N) is 1. The highest BCUT2D eigenvalue weighted by molar-refractivity contribution is 7.17. The molecule has 8 heteroatoms. The number of hydrogen-bond donors (Lipinski definition) is 2. The summed E-state index contributed by atoms with van der Waals surface area (Å²) in [5.74, 6) is -0.646. The third-order valence-electron chi connectivity index (χ3n) is 4.18. The van der Waals surface area contributed by atoms with Crippen LogP contribution in [-0.2, 0) is 24.2 Å². The minimum atomic E-state index is -0.476. The third kappa shape index (κ3) is 4.35. The fourth-order valence-corrected chi connectivity index (χ4v) is 5.59. The van der Waals surface area contributed by atoms with E-state index in [2.05, 4.69) is 11.9 Å². The molecule has 5 nitrogen and oxygen atoms in total. The highest BCUT2D eigenvalue weighted by atomic mass is 35.5. The van der Waals surface area contributed by atoms with Crippen molar-refractivity contribution in [3.63, 3.8) is 0 Å². The fraction of sp³-hybridized carbons (Fsp3) is 0.333. The largest absolute Gasteiger partial charge is 0.365 e. The molecule has 0 radical (unpaired) electrons. The minimum absolute atomic E-state index is 0.170. The summed E-state index contributed by atoms with van der Waals surface area (Å²) in [6.07, 6.45) is 4.59. The third-order valence-corrected chi connectivity index (χ3v) is 6.61. The van der Waals surface area contributed by atoms with Gasteiger partial charge in [0, 0.05) is 22.8 Å². The van der Waals surface area contributed by atoms with E-state index in [9.17, 15) is 9.59 Å². The molecule has 0 aromatic carbocycles. The summed E-state index contributed by atoms with van der Waals surface area (Å²) >= 11 is 8.94. The van der Waals surface area contributed by atoms with E-state index in [1.54, 1.807) is 6.08 Å². The molecule has 0 aliphatic heterocycles. The van der Waals surface area contributed by atoms with Crippen molar-refractivity contribution in [2.24, 2.45) is 5.73 Å². The topological polar surface area (TPSA) is 75.4 Å². The Morgan fingerprint density at radius 3 is 2.81 bits per heavy atom. The van der Waals surface area contributed by atoms with E-state index in [-0.39, 0.29) is 12.5 Å². The molecule has 138 valence electrons. The second kappa shape index (κ2) is 8.35. The van der Waals surface area contributed by atoms with Crippen LogP contribution in [0, 0.1) is 0 Å². The Hall–Kier alpha value is -1.67. The number of anilines is 1. The number of hydrogen-bond acceptors (Lipinski definition) is 5. The molecule has 2 amide bonds. The molecular weight excluding hydrogens is 390 g/mol. The van der Waals surface area contributed by atoms with Crippen LogP contribution in [0.1, 0.15) is 32.1 Å². The van der Waals surface area contributed by atoms with Gasteiger partial charge in [0.1, 0.15) is 5.00 Å². The number of primary amides is 1. The molecule has 3 N–H and O–H groups in total. The number of aryl methyl sites for hydroxylation is 1. The molecule has 1 aliphatic rings. The van der Waals surface area contributed by atoms with Gasteiger partial charge >= 0.3 is 0 Å². The van der Waals surface area contributed by atoms with Crippen LogP contribution in [0.4, 0.5) is 5.00 Å². The molecule has 0 saturated heterocycles. The van der Waals surface area contributed by atoms with Crippen molar-refractivity contribution in [3.8, 4) is 0 Å². The normalized spacial score (nSPS) is 13.0. The lowest BCUT2D eigenvalue weighted by Gasteiger charge is -2.19. The molecule has 2 aromatic heterocycles. The van der Waals surface area contributed by atoms with Gasteiger partial charge in [-0.05, 0) is 37.0 Å². The summed E-state index contributed by atoms with van der Waals surface area (Å²) in [6, 6.07) is 3.80. The zero-order valence-electron chi connectivity index (χ0n) is 14.2. The van der Waals surface area contributed by atoms with E-state index < -0.39 is 5.91 Å². The zero-order valence-corrected chi connectivity index (χ0v) is 16.6. The van der Waals surface area contributed by atoms with Crippen LogP contribution in [0.5, 0.6) is 0 Å². The summed E-state index contributed by atoms with van der Waals surface area (Å²) in [5.41, 5.74) is 7.03. The molecule has 0 atom stereocenters. The molecule has 1 aliphatic carbocycles. The Bertz CT molecular complexity index is 844. The number of fused-ring (bicyclic) bond motifs is 1. The molecule has 0 saturated carbocycles. The van der Waals surface area contributed by atoms with E-state index in [4.69, 9.17) is 17.3 Å². The van der Waals surface area contributed by atoms with Crippen LogP contribution in [0.25, 0.3) is 0 Å². The lowest BCUT2D eigenvalue weighted by Crippen LogP contribution is -2.33. The van der Waals surface area contributed by atoms with E-state index in [0.29, 0.717) is 23.7 Å². The van der Waals surface area contributed by atoms with Crippen molar-refractivity contribution in [2.75, 3.05) is 18.4 Å². The quantitative estimate of drug-likeness (QED) is 0.653. The second-order valence-electron chi connectivity index (χ2n) is 6.14. The number of carbonyl (C=O) groups excluding carboxylic acids is 2. The van der Waals surface area contributed by atoms with Crippen LogP contribution in [-0.4, -0.2) is 29.8 Å². The highest BCUT2D eigenvalue weighted by Crippen LogP contribution is 2.38. The summed E-state index contributed by atoms with van der Waals surface area (Å²) in [4.78, 5) is 28.6. The number of thiophene rings is 2. The van der Waals surface area contributed by atoms with Crippen molar-refractivity contribution < 1.29 is 9.59 Å². The average molecular weight is 410 g/mol. The van der Waals surface area contributed by atoms with Gasteiger partial charge in [0.15, 0.2) is 0 Å². The highest BCUT2D eigenvalue weighted by Gasteiger charge is 2.26. The zero-order chi connectivity index (χ0) is 18.7. The first-order valence-electron chi connectivity index (χ1n) is 8.29. The van der Waals surface area contributed by atoms with Crippen molar-refractivity contribution >= 4 is 51.1 Å². The second-order valence-corrected chi connectivity index (χ2v) is 9.04. The minimum Gasteiger partial charge on any atom is -0.365 e. The first-order valence-corrected chi connectivity index (χ1v) is 10.3. The number of nitrogens with two attached hydrogens (primary N) is 1. The Morgan fingerprint density at radius 1 is 1.35 bits per heavy atom. The Morgan fingerprint density at radius 2 is 2.15 bits per heavy atom. The van der Waals surface area contributed by atoms with Crippen molar-refractivity contribution in [1.82, 2.24) is 4.90 Å². The van der Waals surface area contributed by atoms with Gasteiger partial charge in [0.2, 0.25) is 5.91 Å². The van der Waals surface area contributed by atoms with Gasteiger partial charge in [-0.15, -0.1) is 29.3 Å². The Balaban J connectivity index is 1.69. The molecule has 2 aromatic rings. The lowest BCUT2D eigenvalue weighted by atomic mass is 10.1. The summed E-state index contributed by atoms with van der Waals surface area (Å²) in [5, 5.41) is 3.46. The fourth-order valence-electron chi connectivity index (χ4n) is 3.15. The number of nitrogens with zero attached hydrogens (tertiary/aromatic N) is 1. The Labute approximate surface area is 165 Å². The summed E-state index contributed by atoms with van der Waals surface area (Å²) < 4.78 is 0.724. The van der Waals surface area contributed by atoms with Crippen molar-refractivity contribution in [2.45, 2.75) is 25.8 Å². The van der Waals surface area contributed by atoms with E-state index in [1.807, 2.05) is 17.0 Å². The molecule has 0 unspecified atom stereocenters. The van der Waals surface area contributed by atoms with E-state index >= 15 is 0 Å². The predicted molar refractivity (Wildman–Crippen MR) is 108 cm³/mol. The van der Waals surface area contributed by atoms with Crippen LogP contribution in [0.15, 0.2) is 24.8 Å². The number of halogens is 1. The molecule has 0 spiro atoms. The van der Waals surface area contributed by atoms with E-state index in [1.165, 1.54) is 22.7 Å². The average Bonchev–Trinajstić information content (AvgIpc) is 3.23. The van der Waals surface area contributed by atoms with Gasteiger partial charge in [0.25, 0.3) is 5.91 Å². The number of rotatable bonds is 8. The number of amides is 2. The molecule has 0 bridgehead atoms. The maximum Gasteiger partial charge on any atom is 0.251 e. The van der Waals surface area contributed by atoms with Crippen LogP contribution < -0.4 is 11.1 Å². The predicted octanol–water partition coefficient (Wildman–Crippen LogP) is 3.68. The lowest BCUT2D eigenvalue weighted by molar-refractivity contribution is -0.117. The maximum atomic E-state index is 12.5. The van der Waals surface area contributed by atoms with Gasteiger partial charge in [0.05, 0.1) is 16.4 Å². The molecule has 3 rings (SSSR count). The SMILES string of the molecule is C=CCN(CC(=O)Nc1sc2c(c1C(N)=O)CCC2)Cc1ccc(Cl)s1. The molecule has 26 heavy (non-hydrogen) atoms. The molecule has 2 heterocycles. The molecule has 0 fully saturated rings. The van der Waals surface area contributed by atoms with Crippen LogP contribution >= 0.6 is 34.3 Å². The monoisotopic (exact) mass is 409 g/mol. The maximum absolute atomic E-state index is 12.5. The first kappa shape index (κ1) is 19.1. The van der Waals surface area contributed by atoms with Gasteiger partial charge in [-0.2, -0.15) is 0 Å². The summed E-state index contributed by atoms with van der Waals surface area (Å²) in [6.45, 7) is 5.14. The standard InChI is InChI=1S/C18H20ClN3O2S2/c1-2-8-22(9-11-6-7-14(19)25-11)10-15(23)21-18-16(17(20)24)12-4-3-5-13(12)26-18/h2,6-7H,1,3-5,8-10H2,(H2,20,24)(H,21,23). The van der Waals surface area contributed by atoms with Crippen LogP contribution in [0.3, 0.4) is 0 Å². The van der Waals surface area contributed by atoms with Gasteiger partial charge in [-0.25, -0.2) is 0 Å². The van der Waals surface area contributed by atoms with Crippen molar-refractivity contribution in [3.05, 3.63) is 50.0 Å². The number of carbonyl (C=O) groups is 2. The van der Waals surface area contributed by atoms with Crippen LogP contribution in [0.2, 0.25) is 4.34 Å². The van der Waals surface area contributed by atoms with Gasteiger partial charge in [-0.3, -0.25) is 14.5 Å². The Kier molecular flexibility index (Phi) is 6.13. The smallest absolute Gasteiger partial charge is 0.251 e. The summed E-state index contributed by atoms with van der Waals surface area (Å²) in [7, 11) is 0.